The third-order valence-corrected chi connectivity index (χ3v) is 23.9. The summed E-state index contributed by atoms with van der Waals surface area (Å²) in [5.74, 6) is -1.11. The molecule has 0 saturated carbocycles. The molecule has 0 N–H and O–H groups in total. The van der Waals surface area contributed by atoms with E-state index in [2.05, 4.69) is 41.5 Å². The molecule has 0 radical (unpaired) electrons. The van der Waals surface area contributed by atoms with Crippen LogP contribution in [0.4, 0.5) is 0 Å². The summed E-state index contributed by atoms with van der Waals surface area (Å²) in [5.41, 5.74) is 4.00. The molecule has 0 aliphatic carbocycles. The summed E-state index contributed by atoms with van der Waals surface area (Å²) in [6.07, 6.45) is -11.1. The van der Waals surface area contributed by atoms with Crippen LogP contribution in [0.3, 0.4) is 0 Å². The molecule has 0 amide bonds. The Hall–Kier alpha value is -6.42. The van der Waals surface area contributed by atoms with Crippen LogP contribution in [0.2, 0.25) is 16.6 Å². The molecule has 13 atom stereocenters. The maximum absolute atomic E-state index is 14.9. The van der Waals surface area contributed by atoms with E-state index in [0.29, 0.717) is 6.61 Å². The van der Waals surface area contributed by atoms with Crippen molar-refractivity contribution in [2.24, 2.45) is 10.8 Å². The lowest BCUT2D eigenvalue weighted by Crippen LogP contribution is -2.68. The molecule has 17 heteroatoms. The SMILES string of the molecule is CC(C)[Si](OC[C@H]1O[C@@H](O[C@H]2[C@H](OCc3ccccc3)[C@@H](OC(=O)C(C)(C)C)[C@H](O[C@H]3[C@H](OCc4ccccc4)C=CO[C@@H]3COCc3ccccc3)O[C@@H]2COCc2ccccc2)[C@H](OC(=O)C(C)(C)C)[C@@H](OCc2ccccc2)[C@H]1OCc1ccccc1)(C(C)C)C(C)C. The molecule has 0 unspecified atom stereocenters. The monoisotopic (exact) mass is 1330 g/mol. The Balaban J connectivity index is 1.19. The van der Waals surface area contributed by atoms with E-state index in [4.69, 9.17) is 66.0 Å². The van der Waals surface area contributed by atoms with Crippen LogP contribution in [0.25, 0.3) is 0 Å². The van der Waals surface area contributed by atoms with Gasteiger partial charge >= 0.3 is 11.9 Å². The van der Waals surface area contributed by atoms with Crippen LogP contribution in [0.15, 0.2) is 194 Å². The molecule has 16 nitrogen and oxygen atoms in total. The van der Waals surface area contributed by atoms with E-state index in [9.17, 15) is 9.59 Å². The average Bonchev–Trinajstić information content (AvgIpc) is 0.762. The Labute approximate surface area is 570 Å². The van der Waals surface area contributed by atoms with E-state index in [-0.39, 0.29) is 69.5 Å². The van der Waals surface area contributed by atoms with Gasteiger partial charge < -0.3 is 66.0 Å². The third kappa shape index (κ3) is 20.4. The molecule has 3 aliphatic rings. The van der Waals surface area contributed by atoms with Crippen molar-refractivity contribution in [3.05, 3.63) is 228 Å². The van der Waals surface area contributed by atoms with Gasteiger partial charge in [-0.1, -0.05) is 224 Å². The van der Waals surface area contributed by atoms with E-state index in [1.165, 1.54) is 0 Å². The molecule has 6 aromatic rings. The van der Waals surface area contributed by atoms with Gasteiger partial charge in [-0.3, -0.25) is 9.59 Å². The molecule has 6 aromatic carbocycles. The zero-order valence-corrected chi connectivity index (χ0v) is 59.1. The smallest absolute Gasteiger partial charge is 0.311 e. The molecule has 2 fully saturated rings. The largest absolute Gasteiger partial charge is 0.493 e. The van der Waals surface area contributed by atoms with Gasteiger partial charge in [0.1, 0.15) is 48.8 Å². The first-order valence-corrected chi connectivity index (χ1v) is 36.2. The number of esters is 2. The summed E-state index contributed by atoms with van der Waals surface area (Å²) >= 11 is 0. The van der Waals surface area contributed by atoms with Gasteiger partial charge in [0.25, 0.3) is 0 Å². The summed E-state index contributed by atoms with van der Waals surface area (Å²) < 4.78 is 99.2. The molecule has 3 heterocycles. The van der Waals surface area contributed by atoms with Gasteiger partial charge in [0.15, 0.2) is 39.2 Å². The molecule has 96 heavy (non-hydrogen) atoms. The van der Waals surface area contributed by atoms with E-state index >= 15 is 0 Å². The Morgan fingerprint density at radius 3 is 1.08 bits per heavy atom. The highest BCUT2D eigenvalue weighted by atomic mass is 28.4. The van der Waals surface area contributed by atoms with Crippen molar-refractivity contribution in [3.63, 3.8) is 0 Å². The Morgan fingerprint density at radius 2 is 0.708 bits per heavy atom. The van der Waals surface area contributed by atoms with Crippen molar-refractivity contribution in [1.29, 1.82) is 0 Å². The molecular formula is C79H102O16Si. The second-order valence-corrected chi connectivity index (χ2v) is 33.7. The van der Waals surface area contributed by atoms with Crippen LogP contribution in [-0.2, 0) is 115 Å². The van der Waals surface area contributed by atoms with Crippen molar-refractivity contribution in [3.8, 4) is 0 Å². The van der Waals surface area contributed by atoms with Crippen molar-refractivity contribution in [2.45, 2.75) is 219 Å². The number of hydrogen-bond donors (Lipinski definition) is 0. The number of carbonyl (C=O) groups excluding carboxylic acids is 2. The normalized spacial score (nSPS) is 24.8. The van der Waals surface area contributed by atoms with Gasteiger partial charge in [-0.2, -0.15) is 0 Å². The molecular weight excluding hydrogens is 1230 g/mol. The van der Waals surface area contributed by atoms with E-state index < -0.39 is 111 Å². The molecule has 2 saturated heterocycles. The van der Waals surface area contributed by atoms with Crippen LogP contribution in [0, 0.1) is 10.8 Å². The summed E-state index contributed by atoms with van der Waals surface area (Å²) in [4.78, 5) is 29.8. The topological polar surface area (TPSA) is 163 Å². The highest BCUT2D eigenvalue weighted by Gasteiger charge is 2.58. The number of hydrogen-bond acceptors (Lipinski definition) is 16. The van der Waals surface area contributed by atoms with Crippen LogP contribution in [-0.4, -0.2) is 120 Å². The quantitative estimate of drug-likeness (QED) is 0.0289. The first kappa shape index (κ1) is 73.8. The first-order valence-electron chi connectivity index (χ1n) is 34.0. The number of rotatable bonds is 32. The number of carbonyl (C=O) groups is 2. The minimum atomic E-state index is -2.64. The Kier molecular flexibility index (Phi) is 27.2. The molecule has 0 aromatic heterocycles. The van der Waals surface area contributed by atoms with Gasteiger partial charge in [-0.05, 0) is 97.6 Å². The van der Waals surface area contributed by atoms with Crippen molar-refractivity contribution >= 4 is 20.3 Å². The van der Waals surface area contributed by atoms with E-state index in [0.717, 1.165) is 33.4 Å². The Morgan fingerprint density at radius 1 is 0.385 bits per heavy atom. The van der Waals surface area contributed by atoms with Gasteiger partial charge in [-0.25, -0.2) is 0 Å². The lowest BCUT2D eigenvalue weighted by Gasteiger charge is -2.51. The highest BCUT2D eigenvalue weighted by molar-refractivity contribution is 6.77. The van der Waals surface area contributed by atoms with Crippen LogP contribution in [0.5, 0.6) is 0 Å². The predicted molar refractivity (Wildman–Crippen MR) is 369 cm³/mol. The average molecular weight is 1340 g/mol. The van der Waals surface area contributed by atoms with Crippen LogP contribution in [0.1, 0.15) is 116 Å². The maximum Gasteiger partial charge on any atom is 0.311 e. The first-order chi connectivity index (χ1) is 46.2. The van der Waals surface area contributed by atoms with Crippen molar-refractivity contribution in [1.82, 2.24) is 0 Å². The van der Waals surface area contributed by atoms with Gasteiger partial charge in [-0.15, -0.1) is 0 Å². The summed E-state index contributed by atoms with van der Waals surface area (Å²) in [6, 6.07) is 59.0. The minimum Gasteiger partial charge on any atom is -0.493 e. The lowest BCUT2D eigenvalue weighted by molar-refractivity contribution is -0.377. The highest BCUT2D eigenvalue weighted by Crippen LogP contribution is 2.44. The van der Waals surface area contributed by atoms with Gasteiger partial charge in [0, 0.05) is 0 Å². The molecule has 0 spiro atoms. The van der Waals surface area contributed by atoms with Gasteiger partial charge in [0.05, 0.1) is 76.6 Å². The fourth-order valence-electron chi connectivity index (χ4n) is 12.7. The molecule has 518 valence electrons. The van der Waals surface area contributed by atoms with E-state index in [1.54, 1.807) is 53.9 Å². The van der Waals surface area contributed by atoms with Crippen LogP contribution >= 0.6 is 0 Å². The zero-order chi connectivity index (χ0) is 68.2. The second kappa shape index (κ2) is 35.4. The maximum atomic E-state index is 14.9. The fourth-order valence-corrected chi connectivity index (χ4v) is 18.2. The molecule has 0 bridgehead atoms. The van der Waals surface area contributed by atoms with Gasteiger partial charge in [0.2, 0.25) is 0 Å². The second-order valence-electron chi connectivity index (χ2n) is 28.2. The Bertz CT molecular complexity index is 3230. The summed E-state index contributed by atoms with van der Waals surface area (Å²) in [5, 5.41) is 0. The minimum absolute atomic E-state index is 0.0161. The summed E-state index contributed by atoms with van der Waals surface area (Å²) in [6.45, 7) is 25.2. The predicted octanol–water partition coefficient (Wildman–Crippen LogP) is 15.0. The zero-order valence-electron chi connectivity index (χ0n) is 58.1. The standard InChI is InChI=1S/C79H102O16Si/c1-54(2)96(55(3)4,56(5)6)89-53-66-68(86-48-60-37-25-16-26-38-60)70(87-49-61-39-27-17-28-40-61)72(94-76(80)78(7,8)9)75(91-66)93-69-65(52-83-46-58-33-21-14-22-34-58)90-74(73(95-77(81)79(10,11)12)71(69)88-50-62-41-29-18-30-42-62)92-67-63(85-47-59-35-23-15-24-36-59)43-44-84-64(67)51-82-45-57-31-19-13-20-32-57/h13-44,54-56,63-75H,45-53H2,1-12H3/t63-,64-,65-,66-,67+,68+,69-,70+,71+,72-,73-,74+,75+/m1/s1. The summed E-state index contributed by atoms with van der Waals surface area (Å²) in [7, 11) is -2.64. The molecule has 3 aliphatic heterocycles. The van der Waals surface area contributed by atoms with Crippen LogP contribution < -0.4 is 0 Å². The fraction of sp³-hybridized carbons (Fsp3) is 0.494. The molecule has 9 rings (SSSR count). The van der Waals surface area contributed by atoms with E-state index in [1.807, 2.05) is 182 Å². The third-order valence-electron chi connectivity index (χ3n) is 17.8. The number of ether oxygens (including phenoxy) is 13. The number of benzene rings is 6. The van der Waals surface area contributed by atoms with Crippen molar-refractivity contribution < 1.29 is 75.6 Å². The lowest BCUT2D eigenvalue weighted by atomic mass is 9.94. The van der Waals surface area contributed by atoms with Crippen molar-refractivity contribution in [2.75, 3.05) is 19.8 Å².